The summed E-state index contributed by atoms with van der Waals surface area (Å²) < 4.78 is 5.45. The molecule has 1 aromatic carbocycles. The Balaban J connectivity index is 2.07. The van der Waals surface area contributed by atoms with E-state index in [0.717, 1.165) is 37.2 Å². The minimum atomic E-state index is -0.322. The molecule has 1 aromatic rings. The van der Waals surface area contributed by atoms with Crippen molar-refractivity contribution in [3.05, 3.63) is 29.8 Å². The van der Waals surface area contributed by atoms with Gasteiger partial charge in [0.05, 0.1) is 12.0 Å². The molecule has 4 heteroatoms. The minimum absolute atomic E-state index is 0.0913. The lowest BCUT2D eigenvalue weighted by molar-refractivity contribution is -0.125. The third-order valence-corrected chi connectivity index (χ3v) is 3.87. The summed E-state index contributed by atoms with van der Waals surface area (Å²) in [6, 6.07) is 7.83. The number of para-hydroxylation sites is 1. The van der Waals surface area contributed by atoms with Crippen LogP contribution >= 0.6 is 0 Å². The number of hydrogen-bond acceptors (Lipinski definition) is 3. The van der Waals surface area contributed by atoms with E-state index < -0.39 is 0 Å². The monoisotopic (exact) mass is 276 g/mol. The number of carbonyl (C=O) groups is 1. The first-order valence-electron chi connectivity index (χ1n) is 7.33. The molecule has 1 fully saturated rings. The molecular formula is C16H24N2O2. The Morgan fingerprint density at radius 1 is 1.45 bits per heavy atom. The van der Waals surface area contributed by atoms with Crippen LogP contribution in [0.1, 0.15) is 32.3 Å². The maximum atomic E-state index is 12.5. The fourth-order valence-corrected chi connectivity index (χ4v) is 2.50. The van der Waals surface area contributed by atoms with E-state index >= 15 is 0 Å². The summed E-state index contributed by atoms with van der Waals surface area (Å²) in [5.41, 5.74) is 1.56. The fourth-order valence-electron chi connectivity index (χ4n) is 2.50. The van der Waals surface area contributed by atoms with Crippen LogP contribution in [0.25, 0.3) is 0 Å². The summed E-state index contributed by atoms with van der Waals surface area (Å²) in [5.74, 6) is 0.0913. The fraction of sp³-hybridized carbons (Fsp3) is 0.562. The van der Waals surface area contributed by atoms with Gasteiger partial charge < -0.3 is 15.4 Å². The molecule has 1 unspecified atom stereocenters. The Hall–Kier alpha value is -1.39. The summed E-state index contributed by atoms with van der Waals surface area (Å²) in [7, 11) is 0. The van der Waals surface area contributed by atoms with Crippen LogP contribution in [0, 0.1) is 5.41 Å². The predicted molar refractivity (Wildman–Crippen MR) is 80.6 cm³/mol. The van der Waals surface area contributed by atoms with Gasteiger partial charge in [-0.1, -0.05) is 18.2 Å². The quantitative estimate of drug-likeness (QED) is 0.869. The van der Waals surface area contributed by atoms with Crippen LogP contribution in [-0.2, 0) is 16.1 Å². The van der Waals surface area contributed by atoms with Gasteiger partial charge >= 0.3 is 0 Å². The van der Waals surface area contributed by atoms with E-state index in [9.17, 15) is 4.79 Å². The van der Waals surface area contributed by atoms with Gasteiger partial charge in [0.25, 0.3) is 0 Å². The minimum Gasteiger partial charge on any atom is -0.377 e. The van der Waals surface area contributed by atoms with E-state index in [-0.39, 0.29) is 11.3 Å². The molecular weight excluding hydrogens is 252 g/mol. The summed E-state index contributed by atoms with van der Waals surface area (Å²) in [5, 5.41) is 6.38. The molecule has 1 atom stereocenters. The van der Waals surface area contributed by atoms with E-state index in [2.05, 4.69) is 10.6 Å². The number of nitrogens with one attached hydrogen (secondary N) is 2. The number of anilines is 1. The SMILES string of the molecule is CCOCc1ccccc1NC(=O)C1(C)CCCNC1. The van der Waals surface area contributed by atoms with Gasteiger partial charge in [0.15, 0.2) is 0 Å². The highest BCUT2D eigenvalue weighted by Gasteiger charge is 2.34. The zero-order valence-corrected chi connectivity index (χ0v) is 12.4. The normalized spacial score (nSPS) is 22.5. The van der Waals surface area contributed by atoms with Crippen molar-refractivity contribution in [2.45, 2.75) is 33.3 Å². The number of rotatable bonds is 5. The molecule has 0 saturated carbocycles. The van der Waals surface area contributed by atoms with Crippen molar-refractivity contribution < 1.29 is 9.53 Å². The first-order valence-corrected chi connectivity index (χ1v) is 7.33. The highest BCUT2D eigenvalue weighted by atomic mass is 16.5. The second-order valence-corrected chi connectivity index (χ2v) is 5.59. The second-order valence-electron chi connectivity index (χ2n) is 5.59. The van der Waals surface area contributed by atoms with Crippen LogP contribution in [0.2, 0.25) is 0 Å². The van der Waals surface area contributed by atoms with E-state index in [1.807, 2.05) is 38.1 Å². The molecule has 0 aliphatic carbocycles. The summed E-state index contributed by atoms with van der Waals surface area (Å²) in [6.45, 7) is 6.94. The Morgan fingerprint density at radius 3 is 2.95 bits per heavy atom. The number of hydrogen-bond donors (Lipinski definition) is 2. The average Bonchev–Trinajstić information content (AvgIpc) is 2.47. The van der Waals surface area contributed by atoms with Crippen LogP contribution in [-0.4, -0.2) is 25.6 Å². The Kier molecular flexibility index (Phi) is 5.15. The smallest absolute Gasteiger partial charge is 0.231 e. The van der Waals surface area contributed by atoms with Crippen molar-refractivity contribution in [1.82, 2.24) is 5.32 Å². The van der Waals surface area contributed by atoms with Crippen molar-refractivity contribution in [2.24, 2.45) is 5.41 Å². The maximum Gasteiger partial charge on any atom is 0.231 e. The molecule has 1 aliphatic heterocycles. The molecule has 1 amide bonds. The average molecular weight is 276 g/mol. The van der Waals surface area contributed by atoms with Crippen LogP contribution in [0.15, 0.2) is 24.3 Å². The van der Waals surface area contributed by atoms with Gasteiger partial charge in [0, 0.05) is 24.4 Å². The van der Waals surface area contributed by atoms with Gasteiger partial charge in [-0.05, 0) is 39.3 Å². The van der Waals surface area contributed by atoms with Crippen molar-refractivity contribution in [2.75, 3.05) is 25.0 Å². The summed E-state index contributed by atoms with van der Waals surface area (Å²) in [6.07, 6.45) is 1.98. The van der Waals surface area contributed by atoms with Gasteiger partial charge in [-0.2, -0.15) is 0 Å². The van der Waals surface area contributed by atoms with Crippen LogP contribution in [0.4, 0.5) is 5.69 Å². The third kappa shape index (κ3) is 3.58. The van der Waals surface area contributed by atoms with Crippen molar-refractivity contribution in [1.29, 1.82) is 0 Å². The first-order chi connectivity index (χ1) is 9.65. The lowest BCUT2D eigenvalue weighted by atomic mass is 9.82. The van der Waals surface area contributed by atoms with Gasteiger partial charge in [-0.15, -0.1) is 0 Å². The third-order valence-electron chi connectivity index (χ3n) is 3.87. The van der Waals surface area contributed by atoms with Crippen molar-refractivity contribution >= 4 is 11.6 Å². The number of benzene rings is 1. The van der Waals surface area contributed by atoms with E-state index in [1.54, 1.807) is 0 Å². The molecule has 20 heavy (non-hydrogen) atoms. The lowest BCUT2D eigenvalue weighted by Crippen LogP contribution is -2.46. The van der Waals surface area contributed by atoms with Gasteiger partial charge in [-0.25, -0.2) is 0 Å². The number of piperidine rings is 1. The number of amides is 1. The largest absolute Gasteiger partial charge is 0.377 e. The van der Waals surface area contributed by atoms with Crippen LogP contribution in [0.3, 0.4) is 0 Å². The molecule has 0 aromatic heterocycles. The van der Waals surface area contributed by atoms with E-state index in [4.69, 9.17) is 4.74 Å². The highest BCUT2D eigenvalue weighted by Crippen LogP contribution is 2.28. The zero-order valence-electron chi connectivity index (χ0n) is 12.4. The molecule has 0 bridgehead atoms. The summed E-state index contributed by atoms with van der Waals surface area (Å²) in [4.78, 5) is 12.5. The van der Waals surface area contributed by atoms with Gasteiger partial charge in [-0.3, -0.25) is 4.79 Å². The van der Waals surface area contributed by atoms with Gasteiger partial charge in [0.2, 0.25) is 5.91 Å². The van der Waals surface area contributed by atoms with Crippen LogP contribution < -0.4 is 10.6 Å². The first kappa shape index (κ1) is 15.0. The van der Waals surface area contributed by atoms with Crippen molar-refractivity contribution in [3.63, 3.8) is 0 Å². The predicted octanol–water partition coefficient (Wildman–Crippen LogP) is 2.55. The molecule has 2 rings (SSSR count). The number of carbonyl (C=O) groups excluding carboxylic acids is 1. The molecule has 110 valence electrons. The van der Waals surface area contributed by atoms with E-state index in [0.29, 0.717) is 13.2 Å². The number of ether oxygens (including phenoxy) is 1. The van der Waals surface area contributed by atoms with E-state index in [1.165, 1.54) is 0 Å². The Bertz CT molecular complexity index is 454. The maximum absolute atomic E-state index is 12.5. The lowest BCUT2D eigenvalue weighted by Gasteiger charge is -2.32. The summed E-state index contributed by atoms with van der Waals surface area (Å²) >= 11 is 0. The standard InChI is InChI=1S/C16H24N2O2/c1-3-20-11-13-7-4-5-8-14(13)18-15(19)16(2)9-6-10-17-12-16/h4-5,7-8,17H,3,6,9-12H2,1-2H3,(H,18,19). The molecule has 4 nitrogen and oxygen atoms in total. The molecule has 0 spiro atoms. The molecule has 1 aliphatic rings. The zero-order chi connectivity index (χ0) is 14.4. The molecule has 0 radical (unpaired) electrons. The topological polar surface area (TPSA) is 50.4 Å². The second kappa shape index (κ2) is 6.86. The molecule has 1 saturated heterocycles. The molecule has 2 N–H and O–H groups in total. The van der Waals surface area contributed by atoms with Crippen LogP contribution in [0.5, 0.6) is 0 Å². The van der Waals surface area contributed by atoms with Gasteiger partial charge in [0.1, 0.15) is 0 Å². The Morgan fingerprint density at radius 2 is 2.25 bits per heavy atom. The van der Waals surface area contributed by atoms with Crippen molar-refractivity contribution in [3.8, 4) is 0 Å². The highest BCUT2D eigenvalue weighted by molar-refractivity contribution is 5.95. The Labute approximate surface area is 120 Å². The molecule has 1 heterocycles.